The van der Waals surface area contributed by atoms with Crippen molar-refractivity contribution in [2.24, 2.45) is 0 Å². The molecule has 0 amide bonds. The van der Waals surface area contributed by atoms with Gasteiger partial charge in [0.25, 0.3) is 0 Å². The van der Waals surface area contributed by atoms with Gasteiger partial charge in [-0.2, -0.15) is 0 Å². The first kappa shape index (κ1) is 69.3. The zero-order chi connectivity index (χ0) is 65.3. The summed E-state index contributed by atoms with van der Waals surface area (Å²) in [5.74, 6) is 0. The molecule has 0 atom stereocenters. The molecule has 0 unspecified atom stereocenters. The van der Waals surface area contributed by atoms with Crippen molar-refractivity contribution in [3.8, 4) is 44.5 Å². The zero-order valence-electron chi connectivity index (χ0n) is 58.9. The molecule has 468 valence electrons. The van der Waals surface area contributed by atoms with E-state index in [1.165, 1.54) is 168 Å². The summed E-state index contributed by atoms with van der Waals surface area (Å²) < 4.78 is 0. The number of para-hydroxylation sites is 4. The van der Waals surface area contributed by atoms with Crippen molar-refractivity contribution in [1.82, 2.24) is 0 Å². The van der Waals surface area contributed by atoms with Crippen LogP contribution >= 0.6 is 0 Å². The molecule has 0 bridgehead atoms. The lowest BCUT2D eigenvalue weighted by atomic mass is 9.82. The fraction of sp³-hybridized carbons (Fsp3) is 0.318. The highest BCUT2D eigenvalue weighted by Gasteiger charge is 2.39. The smallest absolute Gasteiger partial charge is 0.0532 e. The first-order chi connectivity index (χ1) is 44.7. The van der Waals surface area contributed by atoms with Crippen molar-refractivity contribution in [3.05, 3.63) is 271 Å². The monoisotopic (exact) mass is 1190 g/mol. The van der Waals surface area contributed by atoms with Gasteiger partial charge in [0.05, 0.1) is 22.7 Å². The summed E-state index contributed by atoms with van der Waals surface area (Å²) in [6.07, 6.45) is 8.23. The minimum Gasteiger partial charge on any atom is -0.309 e. The topological polar surface area (TPSA) is 6.48 Å². The Morgan fingerprint density at radius 3 is 0.933 bits per heavy atom. The van der Waals surface area contributed by atoms with Crippen LogP contribution in [-0.4, -0.2) is 0 Å². The van der Waals surface area contributed by atoms with E-state index in [-0.39, 0.29) is 0 Å². The van der Waals surface area contributed by atoms with E-state index < -0.39 is 0 Å². The maximum atomic E-state index is 2.57. The van der Waals surface area contributed by atoms with Crippen LogP contribution < -0.4 is 9.80 Å². The van der Waals surface area contributed by atoms with Crippen molar-refractivity contribution >= 4 is 34.1 Å². The number of rotatable bonds is 0. The summed E-state index contributed by atoms with van der Waals surface area (Å²) in [4.78, 5) is 5.14. The predicted molar refractivity (Wildman–Crippen MR) is 400 cm³/mol. The third-order valence-corrected chi connectivity index (χ3v) is 17.4. The quantitative estimate of drug-likeness (QED) is 0.149. The van der Waals surface area contributed by atoms with Gasteiger partial charge >= 0.3 is 0 Å². The Morgan fingerprint density at radius 2 is 0.467 bits per heavy atom. The Morgan fingerprint density at radius 1 is 0.178 bits per heavy atom. The van der Waals surface area contributed by atoms with Crippen LogP contribution in [0.3, 0.4) is 0 Å². The number of fused-ring (bicyclic) bond motifs is 24. The van der Waals surface area contributed by atoms with Crippen LogP contribution in [0.25, 0.3) is 44.5 Å². The molecule has 8 aliphatic rings. The van der Waals surface area contributed by atoms with Gasteiger partial charge in [-0.25, -0.2) is 0 Å². The van der Waals surface area contributed by atoms with Crippen molar-refractivity contribution in [3.63, 3.8) is 0 Å². The van der Waals surface area contributed by atoms with Gasteiger partial charge in [0.1, 0.15) is 0 Å². The Hall–Kier alpha value is -8.20. The molecule has 10 aromatic rings. The van der Waals surface area contributed by atoms with Crippen LogP contribution in [0, 0.1) is 0 Å². The van der Waals surface area contributed by atoms with Crippen LogP contribution in [0.1, 0.15) is 227 Å². The highest BCUT2D eigenvalue weighted by Crippen LogP contribution is 2.59. The minimum absolute atomic E-state index is 1.01. The third kappa shape index (κ3) is 11.9. The first-order valence-corrected chi connectivity index (χ1v) is 35.4. The van der Waals surface area contributed by atoms with Gasteiger partial charge in [0.2, 0.25) is 0 Å². The van der Waals surface area contributed by atoms with E-state index in [2.05, 4.69) is 192 Å². The summed E-state index contributed by atoms with van der Waals surface area (Å²) >= 11 is 0. The Kier molecular flexibility index (Phi) is 25.0. The minimum atomic E-state index is 1.01. The van der Waals surface area contributed by atoms with Gasteiger partial charge in [-0.05, 0) is 183 Å². The van der Waals surface area contributed by atoms with Gasteiger partial charge in [-0.3, -0.25) is 0 Å². The summed E-state index contributed by atoms with van der Waals surface area (Å²) in [5, 5.41) is 0. The predicted octanol–water partition coefficient (Wildman–Crippen LogP) is 26.5. The summed E-state index contributed by atoms with van der Waals surface area (Å²) in [6.45, 7) is 40.0. The van der Waals surface area contributed by atoms with Crippen LogP contribution in [0.2, 0.25) is 0 Å². The summed E-state index contributed by atoms with van der Waals surface area (Å²) in [7, 11) is 0. The van der Waals surface area contributed by atoms with Crippen molar-refractivity contribution < 1.29 is 0 Å². The molecule has 18 rings (SSSR count). The van der Waals surface area contributed by atoms with Crippen molar-refractivity contribution in [2.45, 2.75) is 190 Å². The number of hydrogen-bond donors (Lipinski definition) is 0. The highest BCUT2D eigenvalue weighted by molar-refractivity contribution is 6.01. The Labute approximate surface area is 546 Å². The molecule has 4 heterocycles. The molecule has 0 N–H and O–H groups in total. The molecule has 0 saturated heterocycles. The van der Waals surface area contributed by atoms with Crippen molar-refractivity contribution in [1.29, 1.82) is 0 Å². The van der Waals surface area contributed by atoms with Crippen LogP contribution in [0.15, 0.2) is 182 Å². The number of anilines is 6. The molecule has 4 aliphatic carbocycles. The van der Waals surface area contributed by atoms with Crippen molar-refractivity contribution in [2.75, 3.05) is 9.80 Å². The largest absolute Gasteiger partial charge is 0.309 e. The fourth-order valence-corrected chi connectivity index (χ4v) is 14.6. The Bertz CT molecular complexity index is 4040. The maximum Gasteiger partial charge on any atom is 0.0532 e. The lowest BCUT2D eigenvalue weighted by molar-refractivity contribution is 1.01. The highest BCUT2D eigenvalue weighted by atomic mass is 15.2. The van der Waals surface area contributed by atoms with E-state index in [0.717, 1.165) is 51.4 Å². The number of hydrogen-bond acceptors (Lipinski definition) is 2. The summed E-state index contributed by atoms with van der Waals surface area (Å²) in [6, 6.07) is 69.0. The van der Waals surface area contributed by atoms with Gasteiger partial charge in [0.15, 0.2) is 0 Å². The average Bonchev–Trinajstić information content (AvgIpc) is 1.48. The normalized spacial score (nSPS) is 12.3. The molecule has 10 aromatic carbocycles. The molecule has 90 heavy (non-hydrogen) atoms. The zero-order valence-corrected chi connectivity index (χ0v) is 58.9. The molecule has 0 aromatic heterocycles. The molecule has 0 spiro atoms. The first-order valence-electron chi connectivity index (χ1n) is 35.4. The van der Waals surface area contributed by atoms with Crippen LogP contribution in [-0.2, 0) is 51.4 Å². The lowest BCUT2D eigenvalue weighted by Crippen LogP contribution is -2.25. The van der Waals surface area contributed by atoms with E-state index in [4.69, 9.17) is 0 Å². The SMILES string of the molecule is CC.CC.CC.CC.CC.CC.CC.CC.CC.CC.c1ccc2c(c1)Cc1c-2ccc2c1-c1c(ccc3c1Cc1cccc4c1N3c1ccccc1C4)C2.c1ccc2c(c1)Cc1ccc3c(c1-2)-c1c(ccc2c1Cc1cccc4c1N2c1ccccc1C4)C3. The van der Waals surface area contributed by atoms with E-state index in [1.807, 2.05) is 138 Å². The van der Waals surface area contributed by atoms with Gasteiger partial charge < -0.3 is 9.80 Å². The third-order valence-electron chi connectivity index (χ3n) is 17.4. The molecular formula is C88H106N2. The molecule has 2 heteroatoms. The standard InChI is InChI=1S/2C34H23N.10C2H6/c1-3-10-26-20(6-1)18-28-27(26)14-12-22-17-23-13-15-31-29(33(23)32(22)28)19-25-9-5-8-24-16-21-7-2-4-11-30(21)35(31)34(24)25;1-3-10-27-20(6-1)16-22-12-13-24-18-23-14-15-30-28(32(23)33(24)31(22)27)19-26-9-5-8-25-17-21-7-2-4-11-29(21)35(30)34(25)26;10*1-2/h2*1-15H,16-19H2;10*1-2H3. The van der Waals surface area contributed by atoms with E-state index in [9.17, 15) is 0 Å². The second-order valence-electron chi connectivity index (χ2n) is 21.0. The van der Waals surface area contributed by atoms with Gasteiger partial charge in [0, 0.05) is 37.1 Å². The molecule has 4 aliphatic heterocycles. The van der Waals surface area contributed by atoms with E-state index >= 15 is 0 Å². The fourth-order valence-electron chi connectivity index (χ4n) is 14.6. The molecule has 0 radical (unpaired) electrons. The number of nitrogens with zero attached hydrogens (tertiary/aromatic N) is 2. The van der Waals surface area contributed by atoms with E-state index in [1.54, 1.807) is 0 Å². The van der Waals surface area contributed by atoms with Gasteiger partial charge in [-0.1, -0.05) is 296 Å². The Balaban J connectivity index is 0.000000201. The molecule has 2 nitrogen and oxygen atoms in total. The second kappa shape index (κ2) is 32.5. The van der Waals surface area contributed by atoms with Gasteiger partial charge in [-0.15, -0.1) is 0 Å². The molecular weight excluding hydrogens is 1080 g/mol. The lowest BCUT2D eigenvalue weighted by Gasteiger charge is -2.40. The van der Waals surface area contributed by atoms with Crippen LogP contribution in [0.5, 0.6) is 0 Å². The summed E-state index contributed by atoms with van der Waals surface area (Å²) in [5.41, 5.74) is 43.7. The molecule has 0 saturated carbocycles. The second-order valence-corrected chi connectivity index (χ2v) is 21.0. The maximum absolute atomic E-state index is 2.57. The number of benzene rings is 10. The average molecular weight is 1190 g/mol. The van der Waals surface area contributed by atoms with E-state index in [0.29, 0.717) is 0 Å². The molecule has 0 fully saturated rings. The van der Waals surface area contributed by atoms with Crippen LogP contribution in [0.4, 0.5) is 34.1 Å².